The van der Waals surface area contributed by atoms with Gasteiger partial charge in [-0.05, 0) is 32.6 Å². The van der Waals surface area contributed by atoms with Crippen molar-refractivity contribution in [1.82, 2.24) is 14.5 Å². The van der Waals surface area contributed by atoms with Gasteiger partial charge in [0.25, 0.3) is 0 Å². The summed E-state index contributed by atoms with van der Waals surface area (Å²) < 4.78 is 26.8. The standard InChI is InChI=1S/C11H18BrN3O2S/c1-8-11(9(2)14-13-8)18(16,17)15-5-3-4-10(6-12)7-15/h10H,3-7H2,1-2H3,(H,13,14). The number of H-pyrrole nitrogens is 1. The Hall–Kier alpha value is -0.400. The molecule has 0 spiro atoms. The molecule has 1 atom stereocenters. The molecule has 0 bridgehead atoms. The number of nitrogens with zero attached hydrogens (tertiary/aromatic N) is 2. The molecule has 2 heterocycles. The molecule has 5 nitrogen and oxygen atoms in total. The molecule has 0 radical (unpaired) electrons. The first-order chi connectivity index (χ1) is 8.46. The molecular weight excluding hydrogens is 318 g/mol. The fraction of sp³-hybridized carbons (Fsp3) is 0.727. The van der Waals surface area contributed by atoms with Crippen molar-refractivity contribution < 1.29 is 8.42 Å². The lowest BCUT2D eigenvalue weighted by atomic mass is 10.0. The molecule has 1 fully saturated rings. The number of aromatic amines is 1. The second kappa shape index (κ2) is 5.30. The second-order valence-electron chi connectivity index (χ2n) is 4.79. The van der Waals surface area contributed by atoms with E-state index >= 15 is 0 Å². The van der Waals surface area contributed by atoms with Gasteiger partial charge in [-0.15, -0.1) is 0 Å². The van der Waals surface area contributed by atoms with E-state index in [1.807, 2.05) is 0 Å². The minimum atomic E-state index is -3.40. The third-order valence-electron chi connectivity index (χ3n) is 3.36. The maximum Gasteiger partial charge on any atom is 0.246 e. The summed E-state index contributed by atoms with van der Waals surface area (Å²) in [4.78, 5) is 0.345. The molecule has 1 aromatic rings. The van der Waals surface area contributed by atoms with Crippen LogP contribution in [-0.2, 0) is 10.0 Å². The molecule has 1 unspecified atom stereocenters. The van der Waals surface area contributed by atoms with Crippen LogP contribution in [0.4, 0.5) is 0 Å². The SMILES string of the molecule is Cc1n[nH]c(C)c1S(=O)(=O)N1CCCC(CBr)C1. The van der Waals surface area contributed by atoms with E-state index in [4.69, 9.17) is 0 Å². The zero-order valence-corrected chi connectivity index (χ0v) is 13.0. The van der Waals surface area contributed by atoms with Crippen LogP contribution in [-0.4, -0.2) is 41.3 Å². The van der Waals surface area contributed by atoms with E-state index in [0.29, 0.717) is 35.3 Å². The van der Waals surface area contributed by atoms with Crippen molar-refractivity contribution in [2.24, 2.45) is 5.92 Å². The normalized spacial score (nSPS) is 22.3. The maximum absolute atomic E-state index is 12.6. The van der Waals surface area contributed by atoms with Crippen molar-refractivity contribution in [2.75, 3.05) is 18.4 Å². The van der Waals surface area contributed by atoms with Gasteiger partial charge in [0, 0.05) is 18.4 Å². The Bertz CT molecular complexity index is 507. The molecule has 1 aliphatic rings. The Balaban J connectivity index is 2.31. The molecule has 2 rings (SSSR count). The van der Waals surface area contributed by atoms with Gasteiger partial charge in [-0.25, -0.2) is 8.42 Å². The molecule has 0 aromatic carbocycles. The highest BCUT2D eigenvalue weighted by atomic mass is 79.9. The third-order valence-corrected chi connectivity index (χ3v) is 6.40. The lowest BCUT2D eigenvalue weighted by Crippen LogP contribution is -2.40. The average molecular weight is 336 g/mol. The summed E-state index contributed by atoms with van der Waals surface area (Å²) in [7, 11) is -3.40. The minimum Gasteiger partial charge on any atom is -0.281 e. The maximum atomic E-state index is 12.6. The Morgan fingerprint density at radius 3 is 2.78 bits per heavy atom. The highest BCUT2D eigenvalue weighted by Crippen LogP contribution is 2.27. The topological polar surface area (TPSA) is 66.1 Å². The number of alkyl halides is 1. The van der Waals surface area contributed by atoms with Crippen LogP contribution in [0.15, 0.2) is 4.90 Å². The molecule has 0 amide bonds. The summed E-state index contributed by atoms with van der Waals surface area (Å²) in [6.07, 6.45) is 2.01. The molecule has 1 aliphatic heterocycles. The van der Waals surface area contributed by atoms with Crippen molar-refractivity contribution >= 4 is 26.0 Å². The van der Waals surface area contributed by atoms with E-state index < -0.39 is 10.0 Å². The van der Waals surface area contributed by atoms with Crippen molar-refractivity contribution in [3.8, 4) is 0 Å². The van der Waals surface area contributed by atoms with Crippen LogP contribution in [0.25, 0.3) is 0 Å². The summed E-state index contributed by atoms with van der Waals surface area (Å²) in [5.41, 5.74) is 1.17. The smallest absolute Gasteiger partial charge is 0.246 e. The predicted molar refractivity (Wildman–Crippen MR) is 73.3 cm³/mol. The monoisotopic (exact) mass is 335 g/mol. The first-order valence-corrected chi connectivity index (χ1v) is 8.60. The lowest BCUT2D eigenvalue weighted by molar-refractivity contribution is 0.285. The van der Waals surface area contributed by atoms with Crippen molar-refractivity contribution in [3.05, 3.63) is 11.4 Å². The number of piperidine rings is 1. The van der Waals surface area contributed by atoms with Crippen LogP contribution < -0.4 is 0 Å². The Kier molecular flexibility index (Phi) is 4.13. The molecule has 1 saturated heterocycles. The van der Waals surface area contributed by atoms with E-state index in [1.165, 1.54) is 0 Å². The number of aryl methyl sites for hydroxylation is 2. The van der Waals surface area contributed by atoms with Gasteiger partial charge >= 0.3 is 0 Å². The van der Waals surface area contributed by atoms with Crippen molar-refractivity contribution in [1.29, 1.82) is 0 Å². The van der Waals surface area contributed by atoms with Gasteiger partial charge in [-0.2, -0.15) is 9.40 Å². The Morgan fingerprint density at radius 2 is 2.22 bits per heavy atom. The fourth-order valence-electron chi connectivity index (χ4n) is 2.42. The molecule has 1 N–H and O–H groups in total. The van der Waals surface area contributed by atoms with Crippen LogP contribution in [0.2, 0.25) is 0 Å². The van der Waals surface area contributed by atoms with Crippen molar-refractivity contribution in [2.45, 2.75) is 31.6 Å². The highest BCUT2D eigenvalue weighted by molar-refractivity contribution is 9.09. The molecular formula is C11H18BrN3O2S. The molecule has 18 heavy (non-hydrogen) atoms. The molecule has 0 aliphatic carbocycles. The number of nitrogens with one attached hydrogen (secondary N) is 1. The fourth-order valence-corrected chi connectivity index (χ4v) is 4.84. The molecule has 102 valence electrons. The zero-order chi connectivity index (χ0) is 13.3. The van der Waals surface area contributed by atoms with Crippen LogP contribution in [0, 0.1) is 19.8 Å². The summed E-state index contributed by atoms with van der Waals surface area (Å²) >= 11 is 3.44. The van der Waals surface area contributed by atoms with Gasteiger partial charge in [-0.1, -0.05) is 15.9 Å². The predicted octanol–water partition coefficient (Wildman–Crippen LogP) is 1.82. The van der Waals surface area contributed by atoms with Crippen LogP contribution in [0.5, 0.6) is 0 Å². The van der Waals surface area contributed by atoms with Gasteiger partial charge in [0.2, 0.25) is 10.0 Å². The van der Waals surface area contributed by atoms with E-state index in [-0.39, 0.29) is 0 Å². The number of aromatic nitrogens is 2. The van der Waals surface area contributed by atoms with Gasteiger partial charge in [0.15, 0.2) is 0 Å². The van der Waals surface area contributed by atoms with Crippen molar-refractivity contribution in [3.63, 3.8) is 0 Å². The van der Waals surface area contributed by atoms with E-state index in [2.05, 4.69) is 26.1 Å². The summed E-state index contributed by atoms with van der Waals surface area (Å²) in [5, 5.41) is 7.57. The first-order valence-electron chi connectivity index (χ1n) is 6.04. The van der Waals surface area contributed by atoms with Gasteiger partial charge in [0.05, 0.1) is 11.4 Å². The summed E-state index contributed by atoms with van der Waals surface area (Å²) in [6, 6.07) is 0. The number of hydrogen-bond donors (Lipinski definition) is 1. The molecule has 7 heteroatoms. The van der Waals surface area contributed by atoms with E-state index in [1.54, 1.807) is 18.2 Å². The lowest BCUT2D eigenvalue weighted by Gasteiger charge is -2.31. The second-order valence-corrected chi connectivity index (χ2v) is 7.31. The minimum absolute atomic E-state index is 0.345. The summed E-state index contributed by atoms with van der Waals surface area (Å²) in [6.45, 7) is 4.68. The molecule has 1 aromatic heterocycles. The number of sulfonamides is 1. The van der Waals surface area contributed by atoms with E-state index in [0.717, 1.165) is 18.2 Å². The number of hydrogen-bond acceptors (Lipinski definition) is 3. The average Bonchev–Trinajstić information content (AvgIpc) is 2.69. The van der Waals surface area contributed by atoms with Gasteiger partial charge < -0.3 is 0 Å². The van der Waals surface area contributed by atoms with Crippen LogP contribution in [0.1, 0.15) is 24.2 Å². The number of rotatable bonds is 3. The zero-order valence-electron chi connectivity index (χ0n) is 10.6. The molecule has 0 saturated carbocycles. The summed E-state index contributed by atoms with van der Waals surface area (Å²) in [5.74, 6) is 0.404. The Morgan fingerprint density at radius 1 is 1.50 bits per heavy atom. The first kappa shape index (κ1) is 14.0. The van der Waals surface area contributed by atoms with Gasteiger partial charge in [-0.3, -0.25) is 5.10 Å². The Labute approximate surface area is 116 Å². The van der Waals surface area contributed by atoms with Crippen LogP contribution >= 0.6 is 15.9 Å². The van der Waals surface area contributed by atoms with E-state index in [9.17, 15) is 8.42 Å². The third kappa shape index (κ3) is 2.48. The largest absolute Gasteiger partial charge is 0.281 e. The number of halogens is 1. The van der Waals surface area contributed by atoms with Crippen LogP contribution in [0.3, 0.4) is 0 Å². The quantitative estimate of drug-likeness (QED) is 0.857. The van der Waals surface area contributed by atoms with Gasteiger partial charge in [0.1, 0.15) is 4.90 Å². The highest BCUT2D eigenvalue weighted by Gasteiger charge is 2.33.